The van der Waals surface area contributed by atoms with Crippen molar-refractivity contribution in [1.29, 1.82) is 0 Å². The number of ether oxygens (including phenoxy) is 3. The number of hydrogen-bond donors (Lipinski definition) is 1. The van der Waals surface area contributed by atoms with Crippen LogP contribution < -0.4 is 29.5 Å². The second-order valence-electron chi connectivity index (χ2n) is 17.0. The van der Waals surface area contributed by atoms with Gasteiger partial charge in [0.25, 0.3) is 0 Å². The van der Waals surface area contributed by atoms with E-state index >= 15 is 0 Å². The number of methoxy groups -OCH3 is 1. The summed E-state index contributed by atoms with van der Waals surface area (Å²) in [5, 5.41) is 3.38. The maximum Gasteiger partial charge on any atom is 0.227 e. The van der Waals surface area contributed by atoms with Crippen LogP contribution in [0, 0.1) is 0 Å². The molecule has 3 fully saturated rings. The molecule has 0 aliphatic carbocycles. The molecule has 9 heterocycles. The lowest BCUT2D eigenvalue weighted by Gasteiger charge is -2.36. The zero-order chi connectivity index (χ0) is 45.1. The Hall–Kier alpha value is -7.39. The maximum atomic E-state index is 12.3. The molecule has 4 aromatic heterocycles. The average molecular weight is 886 g/mol. The molecular weight excluding hydrogens is 835 g/mol. The highest BCUT2D eigenvalue weighted by atomic mass is 16.5. The van der Waals surface area contributed by atoms with Crippen LogP contribution in [0.2, 0.25) is 0 Å². The van der Waals surface area contributed by atoms with E-state index in [4.69, 9.17) is 14.2 Å². The van der Waals surface area contributed by atoms with Crippen LogP contribution in [0.4, 0.5) is 28.6 Å². The van der Waals surface area contributed by atoms with Crippen molar-refractivity contribution in [2.24, 2.45) is 0 Å². The fraction of sp³-hybridized carbons (Fsp3) is 0.314. The van der Waals surface area contributed by atoms with Gasteiger partial charge in [-0.15, -0.1) is 0 Å². The van der Waals surface area contributed by atoms with Crippen LogP contribution in [-0.4, -0.2) is 95.5 Å². The summed E-state index contributed by atoms with van der Waals surface area (Å²) < 4.78 is 17.4. The monoisotopic (exact) mass is 885 g/mol. The zero-order valence-electron chi connectivity index (χ0n) is 37.1. The van der Waals surface area contributed by atoms with Gasteiger partial charge in [0.1, 0.15) is 30.0 Å². The fourth-order valence-corrected chi connectivity index (χ4v) is 9.46. The minimum Gasteiger partial charge on any atom is -0.488 e. The molecule has 11 rings (SSSR count). The van der Waals surface area contributed by atoms with Crippen LogP contribution in [0.1, 0.15) is 56.3 Å². The number of piperazine rings is 1. The number of aromatic nitrogens is 4. The van der Waals surface area contributed by atoms with Gasteiger partial charge in [0.15, 0.2) is 0 Å². The number of benzene rings is 2. The van der Waals surface area contributed by atoms with Gasteiger partial charge in [-0.3, -0.25) is 29.3 Å². The number of rotatable bonds is 9. The highest BCUT2D eigenvalue weighted by Crippen LogP contribution is 2.47. The van der Waals surface area contributed by atoms with E-state index in [1.54, 1.807) is 25.7 Å². The molecule has 0 radical (unpaired) electrons. The van der Waals surface area contributed by atoms with Crippen LogP contribution in [0.15, 0.2) is 104 Å². The van der Waals surface area contributed by atoms with E-state index < -0.39 is 0 Å². The maximum absolute atomic E-state index is 12.3. The van der Waals surface area contributed by atoms with E-state index in [2.05, 4.69) is 43.1 Å². The van der Waals surface area contributed by atoms with Crippen LogP contribution in [0.25, 0.3) is 33.4 Å². The number of amides is 3. The Morgan fingerprint density at radius 3 is 2.09 bits per heavy atom. The Morgan fingerprint density at radius 2 is 1.39 bits per heavy atom. The van der Waals surface area contributed by atoms with E-state index in [0.717, 1.165) is 118 Å². The highest BCUT2D eigenvalue weighted by molar-refractivity contribution is 5.97. The van der Waals surface area contributed by atoms with Crippen molar-refractivity contribution in [2.45, 2.75) is 51.7 Å². The molecule has 15 nitrogen and oxygen atoms in total. The van der Waals surface area contributed by atoms with E-state index in [0.29, 0.717) is 51.4 Å². The molecule has 3 saturated heterocycles. The van der Waals surface area contributed by atoms with Gasteiger partial charge in [-0.2, -0.15) is 0 Å². The van der Waals surface area contributed by atoms with E-state index in [1.165, 1.54) is 0 Å². The fourth-order valence-electron chi connectivity index (χ4n) is 9.46. The molecule has 5 aliphatic rings. The molecule has 5 aliphatic heterocycles. The van der Waals surface area contributed by atoms with Gasteiger partial charge < -0.3 is 39.1 Å². The predicted octanol–water partition coefficient (Wildman–Crippen LogP) is 7.98. The molecule has 0 bridgehead atoms. The third-order valence-corrected chi connectivity index (χ3v) is 12.9. The molecule has 1 unspecified atom stereocenters. The molecule has 1 N–H and O–H groups in total. The average Bonchev–Trinajstić information content (AvgIpc) is 4.00. The lowest BCUT2D eigenvalue weighted by atomic mass is 9.89. The van der Waals surface area contributed by atoms with Gasteiger partial charge in [0, 0.05) is 153 Å². The number of nitrogens with zero attached hydrogens (tertiary/aromatic N) is 8. The largest absolute Gasteiger partial charge is 0.488 e. The van der Waals surface area contributed by atoms with Crippen LogP contribution >= 0.6 is 0 Å². The Kier molecular flexibility index (Phi) is 12.0. The molecule has 6 aromatic rings. The van der Waals surface area contributed by atoms with Crippen molar-refractivity contribution in [2.75, 3.05) is 73.0 Å². The molecule has 15 heteroatoms. The number of carbonyl (C=O) groups excluding carboxylic acids is 3. The number of carbonyl (C=O) groups is 3. The summed E-state index contributed by atoms with van der Waals surface area (Å²) >= 11 is 0. The molecule has 0 spiro atoms. The van der Waals surface area contributed by atoms with Gasteiger partial charge in [-0.25, -0.2) is 4.98 Å². The number of anilines is 5. The summed E-state index contributed by atoms with van der Waals surface area (Å²) in [4.78, 5) is 62.0. The standard InChI is InChI=1S/C29H32N6O4.C22H19N3O2/c1-38-12-6-28(36)34-10-8-33(9-11-34)23-14-21(16-30-17-23)32-27-13-20-19-39-26-15-22(35-7-2-3-29(35)37)4-5-24(26)25(20)18-31-27;1-14-22-18(15-6-8-23-9-7-15)12-24-13-19(22)17-5-4-16(11-20(17)27-14)25-10-2-3-21(25)26/h4-5,13-18H,2-3,6-12,19H2,1H3,(H,31,32);4-9,11-14H,2-3,10H2,1H3. The van der Waals surface area contributed by atoms with E-state index in [1.807, 2.05) is 94.1 Å². The second-order valence-corrected chi connectivity index (χ2v) is 17.0. The van der Waals surface area contributed by atoms with Crippen molar-refractivity contribution < 1.29 is 28.6 Å². The Labute approximate surface area is 383 Å². The van der Waals surface area contributed by atoms with Crippen molar-refractivity contribution in [3.05, 3.63) is 115 Å². The molecule has 0 saturated carbocycles. The van der Waals surface area contributed by atoms with Crippen LogP contribution in [0.3, 0.4) is 0 Å². The highest BCUT2D eigenvalue weighted by Gasteiger charge is 2.30. The number of fused-ring (bicyclic) bond motifs is 6. The second kappa shape index (κ2) is 18.6. The molecule has 336 valence electrons. The van der Waals surface area contributed by atoms with E-state index in [9.17, 15) is 14.4 Å². The van der Waals surface area contributed by atoms with Gasteiger partial charge >= 0.3 is 0 Å². The van der Waals surface area contributed by atoms with Gasteiger partial charge in [-0.1, -0.05) is 0 Å². The molecule has 66 heavy (non-hydrogen) atoms. The molecular formula is C51H51N9O6. The number of nitrogens with one attached hydrogen (secondary N) is 1. The Balaban J connectivity index is 0.000000165. The van der Waals surface area contributed by atoms with E-state index in [-0.39, 0.29) is 23.8 Å². The lowest BCUT2D eigenvalue weighted by molar-refractivity contribution is -0.132. The summed E-state index contributed by atoms with van der Waals surface area (Å²) in [7, 11) is 1.61. The zero-order valence-corrected chi connectivity index (χ0v) is 37.1. The molecule has 3 amide bonds. The Morgan fingerprint density at radius 1 is 0.712 bits per heavy atom. The first-order chi connectivity index (χ1) is 32.3. The summed E-state index contributed by atoms with van der Waals surface area (Å²) in [6.07, 6.45) is 16.2. The number of pyridine rings is 4. The van der Waals surface area contributed by atoms with Gasteiger partial charge in [0.2, 0.25) is 17.7 Å². The van der Waals surface area contributed by atoms with Crippen molar-refractivity contribution in [1.82, 2.24) is 24.8 Å². The first kappa shape index (κ1) is 42.6. The normalized spacial score (nSPS) is 17.2. The van der Waals surface area contributed by atoms with Crippen molar-refractivity contribution >= 4 is 46.3 Å². The molecule has 1 atom stereocenters. The predicted molar refractivity (Wildman–Crippen MR) is 252 cm³/mol. The third kappa shape index (κ3) is 8.61. The summed E-state index contributed by atoms with van der Waals surface area (Å²) in [5.74, 6) is 2.78. The Bertz CT molecular complexity index is 2800. The minimum absolute atomic E-state index is 0.108. The lowest BCUT2D eigenvalue weighted by Crippen LogP contribution is -2.49. The summed E-state index contributed by atoms with van der Waals surface area (Å²) in [5.41, 5.74) is 12.1. The first-order valence-corrected chi connectivity index (χ1v) is 22.6. The molecule has 2 aromatic carbocycles. The van der Waals surface area contributed by atoms with Gasteiger partial charge in [0.05, 0.1) is 36.8 Å². The smallest absolute Gasteiger partial charge is 0.227 e. The topological polar surface area (TPSA) is 155 Å². The summed E-state index contributed by atoms with van der Waals surface area (Å²) in [6.45, 7) is 7.35. The van der Waals surface area contributed by atoms with Gasteiger partial charge in [-0.05, 0) is 73.9 Å². The first-order valence-electron chi connectivity index (χ1n) is 22.6. The van der Waals surface area contributed by atoms with Crippen LogP contribution in [-0.2, 0) is 25.7 Å². The van der Waals surface area contributed by atoms with Crippen molar-refractivity contribution in [3.8, 4) is 44.9 Å². The minimum atomic E-state index is -0.108. The van der Waals surface area contributed by atoms with Crippen LogP contribution in [0.5, 0.6) is 11.5 Å². The van der Waals surface area contributed by atoms with Crippen molar-refractivity contribution in [3.63, 3.8) is 0 Å². The quantitative estimate of drug-likeness (QED) is 0.150. The number of hydrogen-bond acceptors (Lipinski definition) is 12. The SMILES string of the molecule is CC1Oc2cc(N3CCCC3=O)ccc2-c2cncc(-c3ccncc3)c21.COCCC(=O)N1CCN(c2cncc(Nc3cc4c(cn3)-c3ccc(N5CCCC5=O)cc3OC4)c2)CC1. The third-order valence-electron chi connectivity index (χ3n) is 12.9. The summed E-state index contributed by atoms with van der Waals surface area (Å²) in [6, 6.07) is 20.0.